The Hall–Kier alpha value is -2.26. The van der Waals surface area contributed by atoms with Crippen molar-refractivity contribution in [1.29, 1.82) is 0 Å². The van der Waals surface area contributed by atoms with Gasteiger partial charge < -0.3 is 25.3 Å². The molecule has 0 spiro atoms. The Morgan fingerprint density at radius 2 is 1.20 bits per heavy atom. The smallest absolute Gasteiger partial charge is 0.245 e. The summed E-state index contributed by atoms with van der Waals surface area (Å²) in [6.07, 6.45) is 2.33. The van der Waals surface area contributed by atoms with Crippen molar-refractivity contribution < 1.29 is 16.8 Å². The maximum Gasteiger partial charge on any atom is 0.245 e. The lowest BCUT2D eigenvalue weighted by Gasteiger charge is -2.27. The fourth-order valence-electron chi connectivity index (χ4n) is 5.21. The highest BCUT2D eigenvalue weighted by molar-refractivity contribution is 7.90. The van der Waals surface area contributed by atoms with Crippen LogP contribution in [0.5, 0.6) is 0 Å². The van der Waals surface area contributed by atoms with Crippen molar-refractivity contribution in [2.24, 2.45) is 0 Å². The molecule has 2 aromatic rings. The molecule has 0 aliphatic carbocycles. The van der Waals surface area contributed by atoms with E-state index in [-0.39, 0.29) is 29.4 Å². The molecule has 44 heavy (non-hydrogen) atoms. The Balaban J connectivity index is 2.15. The summed E-state index contributed by atoms with van der Waals surface area (Å²) in [5, 5.41) is 6.71. The molecule has 0 saturated carbocycles. The molecule has 0 amide bonds. The molecule has 11 nitrogen and oxygen atoms in total. The maximum absolute atomic E-state index is 14.3. The Morgan fingerprint density at radius 1 is 0.705 bits per heavy atom. The van der Waals surface area contributed by atoms with Gasteiger partial charge in [0, 0.05) is 58.9 Å². The number of hydrogen-bond acceptors (Lipinski definition) is 9. The van der Waals surface area contributed by atoms with E-state index in [1.165, 1.54) is 27.5 Å². The molecular weight excluding hydrogens is 599 g/mol. The van der Waals surface area contributed by atoms with Gasteiger partial charge in [0.25, 0.3) is 0 Å². The molecule has 2 N–H and O–H groups in total. The lowest BCUT2D eigenvalue weighted by atomic mass is 10.2. The highest BCUT2D eigenvalue weighted by atomic mass is 32.2. The number of hydrogen-bond donors (Lipinski definition) is 2. The molecule has 3 rings (SSSR count). The summed E-state index contributed by atoms with van der Waals surface area (Å²) in [5.74, 6) is 0. The van der Waals surface area contributed by atoms with Gasteiger partial charge in [-0.2, -0.15) is 8.61 Å². The van der Waals surface area contributed by atoms with Gasteiger partial charge in [-0.15, -0.1) is 0 Å². The molecule has 248 valence electrons. The van der Waals surface area contributed by atoms with Crippen molar-refractivity contribution in [1.82, 2.24) is 23.3 Å². The molecule has 13 heteroatoms. The third kappa shape index (κ3) is 9.87. The number of likely N-dealkylation sites (tertiary alicyclic amines) is 1. The van der Waals surface area contributed by atoms with Crippen molar-refractivity contribution in [2.45, 2.75) is 43.0 Å². The Morgan fingerprint density at radius 3 is 1.68 bits per heavy atom. The van der Waals surface area contributed by atoms with Crippen molar-refractivity contribution in [3.05, 3.63) is 48.0 Å². The molecule has 0 bridgehead atoms. The van der Waals surface area contributed by atoms with Crippen LogP contribution in [0, 0.1) is 0 Å². The molecule has 1 saturated heterocycles. The highest BCUT2D eigenvalue weighted by Crippen LogP contribution is 2.35. The standard InChI is InChI=1S/C31H53N7O4S2/c1-7-37(22-20-34(3)4)43(39,40)30-25-31(44(41,42)38(8-2)23-21-35(5)6)29(33-26-27-14-10-9-11-15-27)24-28(30)32-16-19-36-17-12-13-18-36/h9-11,14-15,24-25,32-33H,7-8,12-13,16-23,26H2,1-6H3. The van der Waals surface area contributed by atoms with Gasteiger partial charge in [0.05, 0.1) is 11.4 Å². The Kier molecular flexibility index (Phi) is 13.9. The molecule has 0 aromatic heterocycles. The van der Waals surface area contributed by atoms with Crippen LogP contribution in [0.3, 0.4) is 0 Å². The minimum Gasteiger partial charge on any atom is -0.383 e. The fraction of sp³-hybridized carbons (Fsp3) is 0.613. The van der Waals surface area contributed by atoms with Crippen LogP contribution in [0.1, 0.15) is 32.3 Å². The van der Waals surface area contributed by atoms with Gasteiger partial charge in [-0.3, -0.25) is 0 Å². The van der Waals surface area contributed by atoms with Gasteiger partial charge in [-0.1, -0.05) is 44.2 Å². The minimum atomic E-state index is -4.06. The summed E-state index contributed by atoms with van der Waals surface area (Å²) in [6.45, 7) is 9.55. The predicted molar refractivity (Wildman–Crippen MR) is 180 cm³/mol. The SMILES string of the molecule is CCN(CCN(C)C)S(=O)(=O)c1cc(S(=O)(=O)N(CC)CCN(C)C)c(NCc2ccccc2)cc1NCCN1CCCC1. The van der Waals surface area contributed by atoms with E-state index >= 15 is 0 Å². The first-order valence-corrected chi connectivity index (χ1v) is 18.5. The quantitative estimate of drug-likeness (QED) is 0.237. The summed E-state index contributed by atoms with van der Waals surface area (Å²) < 4.78 is 59.9. The van der Waals surface area contributed by atoms with Crippen molar-refractivity contribution in [3.8, 4) is 0 Å². The van der Waals surface area contributed by atoms with Gasteiger partial charge >= 0.3 is 0 Å². The minimum absolute atomic E-state index is 0.0213. The van der Waals surface area contributed by atoms with Crippen LogP contribution in [-0.4, -0.2) is 134 Å². The van der Waals surface area contributed by atoms with Crippen LogP contribution in [0.25, 0.3) is 0 Å². The molecule has 1 aliphatic rings. The molecule has 0 radical (unpaired) electrons. The van der Waals surface area contributed by atoms with Crippen LogP contribution in [0.4, 0.5) is 11.4 Å². The molecule has 0 atom stereocenters. The monoisotopic (exact) mass is 651 g/mol. The van der Waals surface area contributed by atoms with Gasteiger partial charge in [0.2, 0.25) is 20.0 Å². The first-order valence-electron chi connectivity index (χ1n) is 15.6. The molecule has 1 heterocycles. The number of likely N-dealkylation sites (N-methyl/N-ethyl adjacent to an activating group) is 4. The van der Waals surface area contributed by atoms with Gasteiger partial charge in [0.15, 0.2) is 0 Å². The average Bonchev–Trinajstić information content (AvgIpc) is 3.50. The lowest BCUT2D eigenvalue weighted by molar-refractivity contribution is 0.340. The van der Waals surface area contributed by atoms with Gasteiger partial charge in [-0.25, -0.2) is 16.8 Å². The van der Waals surface area contributed by atoms with Gasteiger partial charge in [0.1, 0.15) is 9.79 Å². The van der Waals surface area contributed by atoms with Crippen LogP contribution in [-0.2, 0) is 26.6 Å². The number of sulfonamides is 2. The first kappa shape index (κ1) is 36.2. The summed E-state index contributed by atoms with van der Waals surface area (Å²) in [5.41, 5.74) is 1.76. The summed E-state index contributed by atoms with van der Waals surface area (Å²) in [7, 11) is -0.504. The highest BCUT2D eigenvalue weighted by Gasteiger charge is 2.33. The number of benzene rings is 2. The zero-order chi connectivity index (χ0) is 32.3. The second-order valence-electron chi connectivity index (χ2n) is 11.8. The Bertz CT molecular complexity index is 1380. The van der Waals surface area contributed by atoms with Gasteiger partial charge in [-0.05, 0) is 71.8 Å². The zero-order valence-corrected chi connectivity index (χ0v) is 29.1. The average molecular weight is 652 g/mol. The van der Waals surface area contributed by atoms with Crippen LogP contribution >= 0.6 is 0 Å². The van der Waals surface area contributed by atoms with E-state index in [0.717, 1.165) is 25.2 Å². The Labute approximate surface area is 266 Å². The van der Waals surface area contributed by atoms with Crippen molar-refractivity contribution in [2.75, 3.05) is 104 Å². The molecular formula is C31H53N7O4S2. The predicted octanol–water partition coefficient (Wildman–Crippen LogP) is 2.95. The molecule has 0 unspecified atom stereocenters. The van der Waals surface area contributed by atoms with E-state index in [2.05, 4.69) is 15.5 Å². The van der Waals surface area contributed by atoms with E-state index in [1.54, 1.807) is 19.9 Å². The number of rotatable bonds is 19. The summed E-state index contributed by atoms with van der Waals surface area (Å²) >= 11 is 0. The number of nitrogens with zero attached hydrogens (tertiary/aromatic N) is 5. The van der Waals surface area contributed by atoms with E-state index < -0.39 is 20.0 Å². The van der Waals surface area contributed by atoms with Crippen molar-refractivity contribution in [3.63, 3.8) is 0 Å². The van der Waals surface area contributed by atoms with Crippen LogP contribution in [0.15, 0.2) is 52.3 Å². The topological polar surface area (TPSA) is 109 Å². The molecule has 1 aliphatic heterocycles. The van der Waals surface area contributed by atoms with E-state index in [9.17, 15) is 16.8 Å². The second kappa shape index (κ2) is 16.9. The zero-order valence-electron chi connectivity index (χ0n) is 27.4. The van der Waals surface area contributed by atoms with E-state index in [1.807, 2.05) is 68.3 Å². The lowest BCUT2D eigenvalue weighted by Crippen LogP contribution is -2.38. The van der Waals surface area contributed by atoms with Crippen molar-refractivity contribution >= 4 is 31.4 Å². The fourth-order valence-corrected chi connectivity index (χ4v) is 8.52. The first-order chi connectivity index (χ1) is 20.9. The number of anilines is 2. The van der Waals surface area contributed by atoms with Crippen LogP contribution in [0.2, 0.25) is 0 Å². The molecule has 2 aromatic carbocycles. The van der Waals surface area contributed by atoms with E-state index in [0.29, 0.717) is 44.1 Å². The van der Waals surface area contributed by atoms with Crippen LogP contribution < -0.4 is 10.6 Å². The largest absolute Gasteiger partial charge is 0.383 e. The normalized spacial score (nSPS) is 14.8. The molecule has 1 fully saturated rings. The maximum atomic E-state index is 14.3. The summed E-state index contributed by atoms with van der Waals surface area (Å²) in [4.78, 5) is 6.16. The number of nitrogens with one attached hydrogen (secondary N) is 2. The summed E-state index contributed by atoms with van der Waals surface area (Å²) in [6, 6.07) is 12.8. The van der Waals surface area contributed by atoms with E-state index in [4.69, 9.17) is 0 Å². The second-order valence-corrected chi connectivity index (χ2v) is 15.6. The third-order valence-corrected chi connectivity index (χ3v) is 11.9. The third-order valence-electron chi connectivity index (χ3n) is 7.88.